The quantitative estimate of drug-likeness (QED) is 0.365. The number of hydrogen-bond acceptors (Lipinski definition) is 4. The number of carbonyl (C=O) groups excluding carboxylic acids is 1. The smallest absolute Gasteiger partial charge is 0.322 e. The van der Waals surface area contributed by atoms with Crippen molar-refractivity contribution < 1.29 is 9.53 Å². The van der Waals surface area contributed by atoms with E-state index in [0.717, 1.165) is 6.42 Å². The molecule has 16 heavy (non-hydrogen) atoms. The fourth-order valence-electron chi connectivity index (χ4n) is 0.887. The van der Waals surface area contributed by atoms with Crippen LogP contribution in [-0.4, -0.2) is 50.1 Å². The minimum Gasteiger partial charge on any atom is -0.465 e. The third kappa shape index (κ3) is 6.23. The van der Waals surface area contributed by atoms with Crippen LogP contribution >= 0.6 is 0 Å². The Balaban J connectivity index is 3.84. The molecule has 4 N–H and O–H groups in total. The highest BCUT2D eigenvalue weighted by atomic mass is 16.5. The summed E-state index contributed by atoms with van der Waals surface area (Å²) in [5.74, 6) is 0.0506. The van der Waals surface area contributed by atoms with Crippen molar-refractivity contribution >= 4 is 11.9 Å². The highest BCUT2D eigenvalue weighted by Crippen LogP contribution is 1.94. The SMILES string of the molecule is CCCOC(=O)[C@@H](N)CCN=C(N)N(C)C. The van der Waals surface area contributed by atoms with Gasteiger partial charge >= 0.3 is 5.97 Å². The van der Waals surface area contributed by atoms with Gasteiger partial charge in [-0.2, -0.15) is 0 Å². The Morgan fingerprint density at radius 2 is 2.12 bits per heavy atom. The van der Waals surface area contributed by atoms with Gasteiger partial charge in [0, 0.05) is 20.6 Å². The molecular weight excluding hydrogens is 208 g/mol. The van der Waals surface area contributed by atoms with E-state index in [0.29, 0.717) is 25.5 Å². The summed E-state index contributed by atoms with van der Waals surface area (Å²) in [4.78, 5) is 17.0. The van der Waals surface area contributed by atoms with Crippen LogP contribution in [0.25, 0.3) is 0 Å². The molecule has 6 nitrogen and oxygen atoms in total. The molecule has 0 aromatic rings. The molecule has 0 bridgehead atoms. The van der Waals surface area contributed by atoms with Gasteiger partial charge in [-0.25, -0.2) is 0 Å². The van der Waals surface area contributed by atoms with Crippen LogP contribution in [0.4, 0.5) is 0 Å². The summed E-state index contributed by atoms with van der Waals surface area (Å²) in [6, 6.07) is -0.620. The van der Waals surface area contributed by atoms with Crippen molar-refractivity contribution in [2.75, 3.05) is 27.2 Å². The van der Waals surface area contributed by atoms with Gasteiger partial charge < -0.3 is 21.1 Å². The molecule has 0 aliphatic carbocycles. The molecule has 0 radical (unpaired) electrons. The highest BCUT2D eigenvalue weighted by Gasteiger charge is 2.13. The summed E-state index contributed by atoms with van der Waals surface area (Å²) in [5, 5.41) is 0. The summed E-state index contributed by atoms with van der Waals surface area (Å²) in [5.41, 5.74) is 11.2. The van der Waals surface area contributed by atoms with Crippen molar-refractivity contribution in [1.29, 1.82) is 0 Å². The van der Waals surface area contributed by atoms with Gasteiger partial charge in [-0.15, -0.1) is 0 Å². The van der Waals surface area contributed by atoms with Crippen LogP contribution in [0.2, 0.25) is 0 Å². The molecular formula is C10H22N4O2. The van der Waals surface area contributed by atoms with Gasteiger partial charge in [0.05, 0.1) is 6.61 Å². The maximum Gasteiger partial charge on any atom is 0.322 e. The minimum absolute atomic E-state index is 0.375. The first-order valence-corrected chi connectivity index (χ1v) is 5.38. The molecule has 0 aliphatic heterocycles. The Kier molecular flexibility index (Phi) is 7.28. The standard InChI is InChI=1S/C10H22N4O2/c1-4-7-16-9(15)8(11)5-6-13-10(12)14(2)3/h8H,4-7,11H2,1-3H3,(H2,12,13)/t8-/m0/s1. The molecule has 0 aromatic carbocycles. The number of carbonyl (C=O) groups is 1. The molecule has 0 heterocycles. The summed E-state index contributed by atoms with van der Waals surface area (Å²) in [7, 11) is 3.60. The average Bonchev–Trinajstić information content (AvgIpc) is 2.25. The van der Waals surface area contributed by atoms with Crippen molar-refractivity contribution in [2.24, 2.45) is 16.5 Å². The average molecular weight is 230 g/mol. The first kappa shape index (κ1) is 14.7. The second-order valence-electron chi connectivity index (χ2n) is 3.70. The molecule has 0 spiro atoms. The third-order valence-electron chi connectivity index (χ3n) is 1.92. The molecule has 0 aliphatic rings. The van der Waals surface area contributed by atoms with Gasteiger partial charge in [0.1, 0.15) is 6.04 Å². The molecule has 0 amide bonds. The molecule has 6 heteroatoms. The van der Waals surface area contributed by atoms with Crippen molar-refractivity contribution in [3.05, 3.63) is 0 Å². The van der Waals surface area contributed by atoms with Crippen LogP contribution < -0.4 is 11.5 Å². The van der Waals surface area contributed by atoms with E-state index < -0.39 is 6.04 Å². The largest absolute Gasteiger partial charge is 0.465 e. The van der Waals surface area contributed by atoms with Crippen molar-refractivity contribution in [3.8, 4) is 0 Å². The number of aliphatic imine (C=N–C) groups is 1. The van der Waals surface area contributed by atoms with Gasteiger partial charge in [-0.3, -0.25) is 9.79 Å². The summed E-state index contributed by atoms with van der Waals surface area (Å²) < 4.78 is 4.90. The zero-order valence-corrected chi connectivity index (χ0v) is 10.3. The number of ether oxygens (including phenoxy) is 1. The van der Waals surface area contributed by atoms with Gasteiger partial charge in [0.25, 0.3) is 0 Å². The molecule has 1 atom stereocenters. The Morgan fingerprint density at radius 3 is 2.62 bits per heavy atom. The van der Waals surface area contributed by atoms with Gasteiger partial charge in [-0.1, -0.05) is 6.92 Å². The van der Waals surface area contributed by atoms with Gasteiger partial charge in [0.15, 0.2) is 5.96 Å². The van der Waals surface area contributed by atoms with Gasteiger partial charge in [0.2, 0.25) is 0 Å². The lowest BCUT2D eigenvalue weighted by atomic mass is 10.2. The maximum atomic E-state index is 11.3. The molecule has 0 fully saturated rings. The third-order valence-corrected chi connectivity index (χ3v) is 1.92. The summed E-state index contributed by atoms with van der Waals surface area (Å²) in [6.07, 6.45) is 1.24. The second kappa shape index (κ2) is 7.92. The molecule has 0 saturated heterocycles. The predicted molar refractivity (Wildman–Crippen MR) is 64.0 cm³/mol. The van der Waals surface area contributed by atoms with E-state index in [1.807, 2.05) is 6.92 Å². The fraction of sp³-hybridized carbons (Fsp3) is 0.800. The topological polar surface area (TPSA) is 93.9 Å². The Labute approximate surface area is 96.6 Å². The van der Waals surface area contributed by atoms with Crippen LogP contribution in [-0.2, 0) is 9.53 Å². The van der Waals surface area contributed by atoms with E-state index in [4.69, 9.17) is 16.2 Å². The Bertz CT molecular complexity index is 241. The monoisotopic (exact) mass is 230 g/mol. The fourth-order valence-corrected chi connectivity index (χ4v) is 0.887. The Hall–Kier alpha value is -1.30. The summed E-state index contributed by atoms with van der Waals surface area (Å²) >= 11 is 0. The number of rotatable bonds is 6. The van der Waals surface area contributed by atoms with Crippen LogP contribution in [0.5, 0.6) is 0 Å². The second-order valence-corrected chi connectivity index (χ2v) is 3.70. The molecule has 0 aromatic heterocycles. The maximum absolute atomic E-state index is 11.3. The number of nitrogens with two attached hydrogens (primary N) is 2. The normalized spacial score (nSPS) is 13.4. The molecule has 0 rings (SSSR count). The van der Waals surface area contributed by atoms with E-state index in [2.05, 4.69) is 4.99 Å². The number of guanidine groups is 1. The number of nitrogens with zero attached hydrogens (tertiary/aromatic N) is 2. The van der Waals surface area contributed by atoms with Crippen LogP contribution in [0.3, 0.4) is 0 Å². The molecule has 94 valence electrons. The van der Waals surface area contributed by atoms with Gasteiger partial charge in [-0.05, 0) is 12.8 Å². The van der Waals surface area contributed by atoms with Crippen molar-refractivity contribution in [2.45, 2.75) is 25.8 Å². The first-order chi connectivity index (χ1) is 7.49. The van der Waals surface area contributed by atoms with E-state index in [-0.39, 0.29) is 5.97 Å². The van der Waals surface area contributed by atoms with E-state index in [9.17, 15) is 4.79 Å². The minimum atomic E-state index is -0.620. The number of esters is 1. The highest BCUT2D eigenvalue weighted by molar-refractivity contribution is 5.77. The lowest BCUT2D eigenvalue weighted by Crippen LogP contribution is -2.34. The first-order valence-electron chi connectivity index (χ1n) is 5.38. The van der Waals surface area contributed by atoms with Crippen LogP contribution in [0.15, 0.2) is 4.99 Å². The van der Waals surface area contributed by atoms with E-state index >= 15 is 0 Å². The van der Waals surface area contributed by atoms with Crippen LogP contribution in [0, 0.1) is 0 Å². The molecule has 0 saturated carbocycles. The lowest BCUT2D eigenvalue weighted by molar-refractivity contribution is -0.145. The zero-order chi connectivity index (χ0) is 12.6. The van der Waals surface area contributed by atoms with E-state index in [1.165, 1.54) is 0 Å². The summed E-state index contributed by atoms with van der Waals surface area (Å²) in [6.45, 7) is 2.77. The van der Waals surface area contributed by atoms with Crippen LogP contribution in [0.1, 0.15) is 19.8 Å². The number of hydrogen-bond donors (Lipinski definition) is 2. The Morgan fingerprint density at radius 1 is 1.50 bits per heavy atom. The van der Waals surface area contributed by atoms with E-state index in [1.54, 1.807) is 19.0 Å². The lowest BCUT2D eigenvalue weighted by Gasteiger charge is -2.12. The zero-order valence-electron chi connectivity index (χ0n) is 10.3. The van der Waals surface area contributed by atoms with Crippen molar-refractivity contribution in [3.63, 3.8) is 0 Å². The van der Waals surface area contributed by atoms with Crippen molar-refractivity contribution in [1.82, 2.24) is 4.90 Å². The molecule has 0 unspecified atom stereocenters. The predicted octanol–water partition coefficient (Wildman–Crippen LogP) is -0.467.